The van der Waals surface area contributed by atoms with Crippen molar-refractivity contribution in [1.29, 1.82) is 5.26 Å². The normalized spacial score (nSPS) is 11.0. The van der Waals surface area contributed by atoms with Crippen molar-refractivity contribution in [2.75, 3.05) is 23.9 Å². The highest BCUT2D eigenvalue weighted by Crippen LogP contribution is 2.13. The van der Waals surface area contributed by atoms with Crippen LogP contribution in [0.1, 0.15) is 12.0 Å². The number of hydrogen-bond donors (Lipinski definition) is 3. The van der Waals surface area contributed by atoms with Crippen LogP contribution in [0.15, 0.2) is 24.3 Å². The van der Waals surface area contributed by atoms with Crippen LogP contribution in [0.4, 0.5) is 10.5 Å². The number of thioether (sulfide) groups is 1. The van der Waals surface area contributed by atoms with E-state index < -0.39 is 30.6 Å². The van der Waals surface area contributed by atoms with Gasteiger partial charge in [0.2, 0.25) is 0 Å². The van der Waals surface area contributed by atoms with Gasteiger partial charge >= 0.3 is 12.0 Å². The first kappa shape index (κ1) is 19.3. The number of esters is 1. The van der Waals surface area contributed by atoms with Crippen LogP contribution >= 0.6 is 11.8 Å². The Labute approximate surface area is 143 Å². The Morgan fingerprint density at radius 2 is 2.08 bits per heavy atom. The number of urea groups is 1. The molecule has 24 heavy (non-hydrogen) atoms. The van der Waals surface area contributed by atoms with E-state index in [9.17, 15) is 14.4 Å². The Morgan fingerprint density at radius 3 is 2.71 bits per heavy atom. The first-order chi connectivity index (χ1) is 11.5. The number of nitriles is 1. The molecule has 0 aromatic heterocycles. The monoisotopic (exact) mass is 350 g/mol. The van der Waals surface area contributed by atoms with Crippen LogP contribution in [-0.4, -0.2) is 42.6 Å². The van der Waals surface area contributed by atoms with E-state index in [2.05, 4.69) is 10.6 Å². The Balaban J connectivity index is 2.56. The van der Waals surface area contributed by atoms with Gasteiger partial charge in [0.15, 0.2) is 6.61 Å². The number of carbonyl (C=O) groups excluding carboxylic acids is 3. The molecule has 0 saturated carbocycles. The van der Waals surface area contributed by atoms with Gasteiger partial charge in [-0.1, -0.05) is 12.1 Å². The van der Waals surface area contributed by atoms with E-state index in [1.165, 1.54) is 11.8 Å². The highest BCUT2D eigenvalue weighted by atomic mass is 32.2. The summed E-state index contributed by atoms with van der Waals surface area (Å²) < 4.78 is 4.90. The predicted molar refractivity (Wildman–Crippen MR) is 90.3 cm³/mol. The fourth-order valence-corrected chi connectivity index (χ4v) is 2.24. The zero-order valence-electron chi connectivity index (χ0n) is 13.1. The minimum Gasteiger partial charge on any atom is -0.454 e. The van der Waals surface area contributed by atoms with Gasteiger partial charge in [-0.15, -0.1) is 0 Å². The zero-order chi connectivity index (χ0) is 17.9. The lowest BCUT2D eigenvalue weighted by Crippen LogP contribution is -2.45. The van der Waals surface area contributed by atoms with Crippen molar-refractivity contribution in [2.24, 2.45) is 5.73 Å². The number of nitrogens with one attached hydrogen (secondary N) is 2. The molecule has 0 bridgehead atoms. The van der Waals surface area contributed by atoms with Crippen LogP contribution in [0.3, 0.4) is 0 Å². The van der Waals surface area contributed by atoms with Crippen LogP contribution < -0.4 is 16.4 Å². The first-order valence-corrected chi connectivity index (χ1v) is 8.37. The lowest BCUT2D eigenvalue weighted by Gasteiger charge is -2.16. The van der Waals surface area contributed by atoms with Crippen LogP contribution in [-0.2, 0) is 14.3 Å². The van der Waals surface area contributed by atoms with E-state index in [1.54, 1.807) is 24.3 Å². The van der Waals surface area contributed by atoms with E-state index in [-0.39, 0.29) is 0 Å². The SMILES string of the molecule is CSCC[C@@H](NC(N)=O)C(=O)OCC(=O)Nc1ccccc1C#N. The second-order valence-corrected chi connectivity index (χ2v) is 5.64. The van der Waals surface area contributed by atoms with Crippen molar-refractivity contribution in [3.8, 4) is 6.07 Å². The molecule has 0 aliphatic heterocycles. The molecule has 0 unspecified atom stereocenters. The van der Waals surface area contributed by atoms with E-state index in [0.717, 1.165) is 0 Å². The van der Waals surface area contributed by atoms with Crippen molar-refractivity contribution >= 4 is 35.4 Å². The number of nitrogens with zero attached hydrogens (tertiary/aromatic N) is 1. The van der Waals surface area contributed by atoms with Crippen molar-refractivity contribution < 1.29 is 19.1 Å². The van der Waals surface area contributed by atoms with Crippen LogP contribution in [0.25, 0.3) is 0 Å². The number of benzene rings is 1. The minimum absolute atomic E-state index is 0.297. The van der Waals surface area contributed by atoms with Crippen molar-refractivity contribution in [3.63, 3.8) is 0 Å². The second kappa shape index (κ2) is 10.1. The molecule has 1 rings (SSSR count). The van der Waals surface area contributed by atoms with E-state index in [1.807, 2.05) is 12.3 Å². The molecule has 0 aliphatic carbocycles. The average Bonchev–Trinajstić information content (AvgIpc) is 2.56. The number of ether oxygens (including phenoxy) is 1. The summed E-state index contributed by atoms with van der Waals surface area (Å²) in [5.41, 5.74) is 5.64. The number of hydrogen-bond acceptors (Lipinski definition) is 6. The summed E-state index contributed by atoms with van der Waals surface area (Å²) in [5.74, 6) is -0.720. The molecule has 0 aliphatic rings. The third kappa shape index (κ3) is 6.58. The molecule has 128 valence electrons. The molecule has 3 amide bonds. The summed E-state index contributed by atoms with van der Waals surface area (Å²) in [7, 11) is 0. The Bertz CT molecular complexity index is 645. The van der Waals surface area contributed by atoms with Gasteiger partial charge in [0.25, 0.3) is 5.91 Å². The largest absolute Gasteiger partial charge is 0.454 e. The van der Waals surface area contributed by atoms with Crippen LogP contribution in [0, 0.1) is 11.3 Å². The number of para-hydroxylation sites is 1. The molecule has 9 heteroatoms. The minimum atomic E-state index is -0.908. The van der Waals surface area contributed by atoms with Gasteiger partial charge in [0.05, 0.1) is 11.3 Å². The standard InChI is InChI=1S/C15H18N4O4S/c1-24-7-6-12(19-15(17)22)14(21)23-9-13(20)18-11-5-3-2-4-10(11)8-16/h2-5,12H,6-7,9H2,1H3,(H,18,20)(H3,17,19,22)/t12-/m1/s1. The summed E-state index contributed by atoms with van der Waals surface area (Å²) in [4.78, 5) is 34.7. The maximum absolute atomic E-state index is 11.9. The van der Waals surface area contributed by atoms with Gasteiger partial charge in [0.1, 0.15) is 12.1 Å². The van der Waals surface area contributed by atoms with E-state index in [4.69, 9.17) is 15.7 Å². The molecule has 0 spiro atoms. The highest BCUT2D eigenvalue weighted by Gasteiger charge is 2.22. The molecule has 1 aromatic rings. The van der Waals surface area contributed by atoms with Gasteiger partial charge < -0.3 is 21.1 Å². The quantitative estimate of drug-likeness (QED) is 0.594. The highest BCUT2D eigenvalue weighted by molar-refractivity contribution is 7.98. The molecule has 0 radical (unpaired) electrons. The maximum Gasteiger partial charge on any atom is 0.329 e. The molecule has 1 aromatic carbocycles. The lowest BCUT2D eigenvalue weighted by molar-refractivity contribution is -0.149. The fourth-order valence-electron chi connectivity index (χ4n) is 1.77. The number of rotatable bonds is 8. The molecular formula is C15H18N4O4S. The predicted octanol–water partition coefficient (Wildman–Crippen LogP) is 0.830. The summed E-state index contributed by atoms with van der Waals surface area (Å²) >= 11 is 1.49. The molecule has 4 N–H and O–H groups in total. The average molecular weight is 350 g/mol. The Morgan fingerprint density at radius 1 is 1.38 bits per heavy atom. The van der Waals surface area contributed by atoms with Crippen LogP contribution in [0.2, 0.25) is 0 Å². The Kier molecular flexibility index (Phi) is 8.15. The summed E-state index contributed by atoms with van der Waals surface area (Å²) in [6.07, 6.45) is 2.19. The summed E-state index contributed by atoms with van der Waals surface area (Å²) in [6.45, 7) is -0.533. The van der Waals surface area contributed by atoms with Gasteiger partial charge in [0, 0.05) is 0 Å². The van der Waals surface area contributed by atoms with Gasteiger partial charge in [-0.25, -0.2) is 9.59 Å². The van der Waals surface area contributed by atoms with Crippen molar-refractivity contribution in [3.05, 3.63) is 29.8 Å². The number of primary amides is 1. The lowest BCUT2D eigenvalue weighted by atomic mass is 10.2. The van der Waals surface area contributed by atoms with E-state index >= 15 is 0 Å². The summed E-state index contributed by atoms with van der Waals surface area (Å²) in [5, 5.41) is 13.7. The molecule has 0 saturated heterocycles. The number of amides is 3. The molecule has 1 atom stereocenters. The van der Waals surface area contributed by atoms with Gasteiger partial charge in [-0.05, 0) is 30.6 Å². The molecule has 0 heterocycles. The van der Waals surface area contributed by atoms with Crippen molar-refractivity contribution in [1.82, 2.24) is 5.32 Å². The van der Waals surface area contributed by atoms with E-state index in [0.29, 0.717) is 23.4 Å². The number of anilines is 1. The third-order valence-corrected chi connectivity index (χ3v) is 3.52. The van der Waals surface area contributed by atoms with Crippen molar-refractivity contribution in [2.45, 2.75) is 12.5 Å². The number of carbonyl (C=O) groups is 3. The van der Waals surface area contributed by atoms with Crippen LogP contribution in [0.5, 0.6) is 0 Å². The first-order valence-electron chi connectivity index (χ1n) is 6.98. The van der Waals surface area contributed by atoms with Gasteiger partial charge in [-0.3, -0.25) is 4.79 Å². The molecular weight excluding hydrogens is 332 g/mol. The zero-order valence-corrected chi connectivity index (χ0v) is 13.9. The third-order valence-electron chi connectivity index (χ3n) is 2.88. The van der Waals surface area contributed by atoms with Gasteiger partial charge in [-0.2, -0.15) is 17.0 Å². The molecule has 0 fully saturated rings. The topological polar surface area (TPSA) is 134 Å². The molecule has 8 nitrogen and oxygen atoms in total. The fraction of sp³-hybridized carbons (Fsp3) is 0.333. The second-order valence-electron chi connectivity index (χ2n) is 4.66. The smallest absolute Gasteiger partial charge is 0.329 e. The maximum atomic E-state index is 11.9. The summed E-state index contributed by atoms with van der Waals surface area (Å²) in [6, 6.07) is 6.64. The Hall–Kier alpha value is -2.73. The number of nitrogens with two attached hydrogens (primary N) is 1.